The Morgan fingerprint density at radius 1 is 1.10 bits per heavy atom. The highest BCUT2D eigenvalue weighted by Gasteiger charge is 2.17. The Hall–Kier alpha value is -2.28. The normalized spacial score (nSPS) is 18.0. The van der Waals surface area contributed by atoms with Crippen LogP contribution in [0.5, 0.6) is 0 Å². The van der Waals surface area contributed by atoms with Gasteiger partial charge in [-0.05, 0) is 50.3 Å². The van der Waals surface area contributed by atoms with Gasteiger partial charge < -0.3 is 25.6 Å². The first kappa shape index (κ1) is 23.4. The SMILES string of the molecule is CCNC(=NCc1cccc(NC(=O)N2CCCC2)c1)NCCOC1CCCCCC1. The summed E-state index contributed by atoms with van der Waals surface area (Å²) in [6, 6.07) is 7.91. The molecule has 2 amide bonds. The minimum Gasteiger partial charge on any atom is -0.376 e. The third-order valence-electron chi connectivity index (χ3n) is 5.89. The molecular weight excluding hydrogens is 390 g/mol. The van der Waals surface area contributed by atoms with Crippen molar-refractivity contribution in [1.29, 1.82) is 0 Å². The highest BCUT2D eigenvalue weighted by atomic mass is 16.5. The molecule has 0 unspecified atom stereocenters. The molecule has 0 aromatic heterocycles. The summed E-state index contributed by atoms with van der Waals surface area (Å²) in [4.78, 5) is 18.9. The summed E-state index contributed by atoms with van der Waals surface area (Å²) in [7, 11) is 0. The van der Waals surface area contributed by atoms with E-state index in [9.17, 15) is 4.79 Å². The van der Waals surface area contributed by atoms with Crippen molar-refractivity contribution in [2.75, 3.05) is 38.1 Å². The summed E-state index contributed by atoms with van der Waals surface area (Å²) in [6.07, 6.45) is 10.3. The molecule has 1 aromatic rings. The van der Waals surface area contributed by atoms with Crippen molar-refractivity contribution in [1.82, 2.24) is 15.5 Å². The zero-order valence-electron chi connectivity index (χ0n) is 19.0. The first-order valence-corrected chi connectivity index (χ1v) is 12.0. The quantitative estimate of drug-likeness (QED) is 0.252. The molecule has 1 saturated carbocycles. The van der Waals surface area contributed by atoms with Crippen LogP contribution in [0, 0.1) is 0 Å². The smallest absolute Gasteiger partial charge is 0.321 e. The molecule has 1 saturated heterocycles. The second-order valence-corrected chi connectivity index (χ2v) is 8.43. The lowest BCUT2D eigenvalue weighted by Gasteiger charge is -2.17. The van der Waals surface area contributed by atoms with Gasteiger partial charge in [-0.25, -0.2) is 9.79 Å². The van der Waals surface area contributed by atoms with Gasteiger partial charge in [0.15, 0.2) is 5.96 Å². The number of likely N-dealkylation sites (tertiary alicyclic amines) is 1. The molecule has 1 heterocycles. The van der Waals surface area contributed by atoms with Gasteiger partial charge in [-0.15, -0.1) is 0 Å². The Morgan fingerprint density at radius 2 is 1.87 bits per heavy atom. The van der Waals surface area contributed by atoms with E-state index in [-0.39, 0.29) is 6.03 Å². The summed E-state index contributed by atoms with van der Waals surface area (Å²) in [6.45, 7) is 6.55. The van der Waals surface area contributed by atoms with Crippen LogP contribution in [-0.4, -0.2) is 55.8 Å². The maximum Gasteiger partial charge on any atom is 0.321 e. The van der Waals surface area contributed by atoms with E-state index < -0.39 is 0 Å². The van der Waals surface area contributed by atoms with Crippen molar-refractivity contribution in [3.63, 3.8) is 0 Å². The summed E-state index contributed by atoms with van der Waals surface area (Å²) in [5, 5.41) is 9.66. The molecule has 172 valence electrons. The van der Waals surface area contributed by atoms with Gasteiger partial charge in [-0.2, -0.15) is 0 Å². The lowest BCUT2D eigenvalue weighted by molar-refractivity contribution is 0.0468. The molecule has 0 radical (unpaired) electrons. The lowest BCUT2D eigenvalue weighted by Crippen LogP contribution is -2.39. The molecule has 2 fully saturated rings. The zero-order valence-corrected chi connectivity index (χ0v) is 19.0. The van der Waals surface area contributed by atoms with Crippen LogP contribution in [0.2, 0.25) is 0 Å². The van der Waals surface area contributed by atoms with Gasteiger partial charge in [0.1, 0.15) is 0 Å². The van der Waals surface area contributed by atoms with Crippen LogP contribution >= 0.6 is 0 Å². The maximum absolute atomic E-state index is 12.3. The number of aliphatic imine (C=N–C) groups is 1. The van der Waals surface area contributed by atoms with E-state index in [2.05, 4.69) is 22.9 Å². The van der Waals surface area contributed by atoms with Crippen molar-refractivity contribution < 1.29 is 9.53 Å². The van der Waals surface area contributed by atoms with Gasteiger partial charge in [0, 0.05) is 31.9 Å². The molecule has 0 atom stereocenters. The molecule has 1 aromatic carbocycles. The van der Waals surface area contributed by atoms with E-state index in [1.165, 1.54) is 38.5 Å². The first-order chi connectivity index (χ1) is 15.2. The number of guanidine groups is 1. The van der Waals surface area contributed by atoms with Crippen molar-refractivity contribution >= 4 is 17.7 Å². The molecule has 1 aliphatic carbocycles. The lowest BCUT2D eigenvalue weighted by atomic mass is 10.1. The zero-order chi connectivity index (χ0) is 21.7. The highest BCUT2D eigenvalue weighted by Crippen LogP contribution is 2.19. The number of nitrogens with one attached hydrogen (secondary N) is 3. The molecule has 3 N–H and O–H groups in total. The molecular formula is C24H39N5O2. The van der Waals surface area contributed by atoms with Crippen LogP contribution in [0.25, 0.3) is 0 Å². The summed E-state index contributed by atoms with van der Waals surface area (Å²) < 4.78 is 6.06. The predicted molar refractivity (Wildman–Crippen MR) is 127 cm³/mol. The summed E-state index contributed by atoms with van der Waals surface area (Å²) >= 11 is 0. The van der Waals surface area contributed by atoms with E-state index >= 15 is 0 Å². The Labute approximate surface area is 187 Å². The summed E-state index contributed by atoms with van der Waals surface area (Å²) in [5.74, 6) is 0.790. The molecule has 3 rings (SSSR count). The van der Waals surface area contributed by atoms with E-state index in [4.69, 9.17) is 9.73 Å². The second kappa shape index (κ2) is 13.2. The number of hydrogen-bond acceptors (Lipinski definition) is 3. The molecule has 0 bridgehead atoms. The van der Waals surface area contributed by atoms with Crippen LogP contribution in [-0.2, 0) is 11.3 Å². The molecule has 31 heavy (non-hydrogen) atoms. The van der Waals surface area contributed by atoms with Gasteiger partial charge in [0.25, 0.3) is 0 Å². The predicted octanol–water partition coefficient (Wildman–Crippen LogP) is 4.11. The van der Waals surface area contributed by atoms with Gasteiger partial charge >= 0.3 is 6.03 Å². The minimum absolute atomic E-state index is 0.0122. The fourth-order valence-electron chi connectivity index (χ4n) is 4.19. The third-order valence-corrected chi connectivity index (χ3v) is 5.89. The molecule has 7 nitrogen and oxygen atoms in total. The number of amides is 2. The first-order valence-electron chi connectivity index (χ1n) is 12.0. The van der Waals surface area contributed by atoms with Crippen LogP contribution in [0.4, 0.5) is 10.5 Å². The van der Waals surface area contributed by atoms with Crippen LogP contribution < -0.4 is 16.0 Å². The number of ether oxygens (including phenoxy) is 1. The van der Waals surface area contributed by atoms with Crippen molar-refractivity contribution in [2.45, 2.75) is 70.9 Å². The Kier molecular flexibility index (Phi) is 9.96. The number of benzene rings is 1. The number of carbonyl (C=O) groups is 1. The van der Waals surface area contributed by atoms with E-state index in [1.807, 2.05) is 29.2 Å². The van der Waals surface area contributed by atoms with E-state index in [0.717, 1.165) is 56.2 Å². The monoisotopic (exact) mass is 429 g/mol. The third kappa shape index (κ3) is 8.40. The van der Waals surface area contributed by atoms with Crippen LogP contribution in [0.1, 0.15) is 63.9 Å². The van der Waals surface area contributed by atoms with Gasteiger partial charge in [0.05, 0.1) is 19.3 Å². The number of hydrogen-bond donors (Lipinski definition) is 3. The van der Waals surface area contributed by atoms with Crippen molar-refractivity contribution in [3.8, 4) is 0 Å². The van der Waals surface area contributed by atoms with Crippen LogP contribution in [0.15, 0.2) is 29.3 Å². The largest absolute Gasteiger partial charge is 0.376 e. The fourth-order valence-corrected chi connectivity index (χ4v) is 4.19. The molecule has 2 aliphatic rings. The van der Waals surface area contributed by atoms with Gasteiger partial charge in [-0.3, -0.25) is 0 Å². The average Bonchev–Trinajstić information content (AvgIpc) is 3.20. The number of anilines is 1. The molecule has 7 heteroatoms. The maximum atomic E-state index is 12.3. The topological polar surface area (TPSA) is 78.0 Å². The minimum atomic E-state index is -0.0122. The summed E-state index contributed by atoms with van der Waals surface area (Å²) in [5.41, 5.74) is 1.88. The number of carbonyl (C=O) groups excluding carboxylic acids is 1. The second-order valence-electron chi connectivity index (χ2n) is 8.43. The average molecular weight is 430 g/mol. The molecule has 1 aliphatic heterocycles. The Morgan fingerprint density at radius 3 is 2.61 bits per heavy atom. The van der Waals surface area contributed by atoms with Crippen LogP contribution in [0.3, 0.4) is 0 Å². The number of urea groups is 1. The highest BCUT2D eigenvalue weighted by molar-refractivity contribution is 5.89. The standard InChI is InChI=1S/C24H39N5O2/c1-2-25-23(26-14-17-31-22-12-5-3-4-6-13-22)27-19-20-10-9-11-21(18-20)28-24(30)29-15-7-8-16-29/h9-11,18,22H,2-8,12-17,19H2,1H3,(H,28,30)(H2,25,26,27). The number of rotatable bonds is 8. The number of nitrogens with zero attached hydrogens (tertiary/aromatic N) is 2. The molecule has 0 spiro atoms. The Balaban J connectivity index is 1.44. The fraction of sp³-hybridized carbons (Fsp3) is 0.667. The van der Waals surface area contributed by atoms with E-state index in [1.54, 1.807) is 0 Å². The Bertz CT molecular complexity index is 695. The van der Waals surface area contributed by atoms with Crippen molar-refractivity contribution in [2.24, 2.45) is 4.99 Å². The van der Waals surface area contributed by atoms with Crippen molar-refractivity contribution in [3.05, 3.63) is 29.8 Å². The van der Waals surface area contributed by atoms with E-state index in [0.29, 0.717) is 19.3 Å². The van der Waals surface area contributed by atoms with Gasteiger partial charge in [-0.1, -0.05) is 37.8 Å². The van der Waals surface area contributed by atoms with Gasteiger partial charge in [0.2, 0.25) is 0 Å².